The van der Waals surface area contributed by atoms with Crippen LogP contribution in [0.1, 0.15) is 303 Å². The molecule has 1 atom stereocenters. The maximum atomic E-state index is 12.8. The Morgan fingerprint density at radius 3 is 0.958 bits per heavy atom. The lowest BCUT2D eigenvalue weighted by Gasteiger charge is -2.18. The third-order valence-electron chi connectivity index (χ3n) is 13.2. The molecule has 0 heterocycles. The molecule has 71 heavy (non-hydrogen) atoms. The molecule has 0 aliphatic heterocycles. The smallest absolute Gasteiger partial charge is 0.310 e. The molecule has 0 aromatic rings. The molecule has 6 nitrogen and oxygen atoms in total. The van der Waals surface area contributed by atoms with Crippen molar-refractivity contribution in [1.82, 2.24) is 0 Å². The van der Waals surface area contributed by atoms with Crippen LogP contribution in [0.3, 0.4) is 0 Å². The number of ether oxygens (including phenoxy) is 3. The molecule has 410 valence electrons. The van der Waals surface area contributed by atoms with E-state index in [1.54, 1.807) is 6.08 Å². The Morgan fingerprint density at radius 2 is 0.606 bits per heavy atom. The second-order valence-corrected chi connectivity index (χ2v) is 20.3. The van der Waals surface area contributed by atoms with Gasteiger partial charge >= 0.3 is 17.9 Å². The van der Waals surface area contributed by atoms with E-state index >= 15 is 0 Å². The summed E-state index contributed by atoms with van der Waals surface area (Å²) in [6.45, 7) is 6.42. The van der Waals surface area contributed by atoms with Gasteiger partial charge in [0, 0.05) is 12.8 Å². The minimum Gasteiger partial charge on any atom is -0.462 e. The van der Waals surface area contributed by atoms with Crippen LogP contribution in [-0.4, -0.2) is 37.2 Å². The third-order valence-corrected chi connectivity index (χ3v) is 13.2. The Hall–Kier alpha value is -3.15. The maximum absolute atomic E-state index is 12.8. The molecule has 0 fully saturated rings. The number of hydrogen-bond acceptors (Lipinski definition) is 6. The zero-order chi connectivity index (χ0) is 51.4. The van der Waals surface area contributed by atoms with Crippen molar-refractivity contribution in [1.29, 1.82) is 0 Å². The average Bonchev–Trinajstić information content (AvgIpc) is 3.37. The van der Waals surface area contributed by atoms with Gasteiger partial charge in [-0.05, 0) is 64.2 Å². The summed E-state index contributed by atoms with van der Waals surface area (Å²) in [5, 5.41) is 0. The first-order valence-electron chi connectivity index (χ1n) is 30.4. The van der Waals surface area contributed by atoms with Crippen LogP contribution in [0.4, 0.5) is 0 Å². The molecule has 1 unspecified atom stereocenters. The van der Waals surface area contributed by atoms with Crippen LogP contribution in [0.15, 0.2) is 72.9 Å². The Kier molecular flexibility index (Phi) is 56.8. The van der Waals surface area contributed by atoms with Crippen LogP contribution in [0.25, 0.3) is 0 Å². The van der Waals surface area contributed by atoms with Crippen LogP contribution in [0, 0.1) is 0 Å². The van der Waals surface area contributed by atoms with Crippen LogP contribution in [0.5, 0.6) is 0 Å². The molecule has 0 aromatic carbocycles. The quantitative estimate of drug-likeness (QED) is 0.0261. The number of carbonyl (C=O) groups excluding carboxylic acids is 3. The average molecular weight is 992 g/mol. The molecule has 0 spiro atoms. The first-order chi connectivity index (χ1) is 35.0. The summed E-state index contributed by atoms with van der Waals surface area (Å²) in [7, 11) is 0. The van der Waals surface area contributed by atoms with Gasteiger partial charge in [-0.2, -0.15) is 0 Å². The normalized spacial score (nSPS) is 12.5. The first-order valence-corrected chi connectivity index (χ1v) is 30.4. The lowest BCUT2D eigenvalue weighted by Crippen LogP contribution is -2.30. The van der Waals surface area contributed by atoms with Crippen molar-refractivity contribution in [3.8, 4) is 0 Å². The second kappa shape index (κ2) is 59.4. The van der Waals surface area contributed by atoms with Crippen molar-refractivity contribution in [3.05, 3.63) is 72.9 Å². The Labute approximate surface area is 440 Å². The first kappa shape index (κ1) is 67.8. The van der Waals surface area contributed by atoms with E-state index in [-0.39, 0.29) is 31.6 Å². The third kappa shape index (κ3) is 57.6. The van der Waals surface area contributed by atoms with Crippen molar-refractivity contribution in [2.75, 3.05) is 13.2 Å². The van der Waals surface area contributed by atoms with Gasteiger partial charge in [0.1, 0.15) is 13.2 Å². The summed E-state index contributed by atoms with van der Waals surface area (Å²) in [6, 6.07) is 0. The fourth-order valence-electron chi connectivity index (χ4n) is 8.68. The minimum atomic E-state index is -0.831. The highest BCUT2D eigenvalue weighted by molar-refractivity contribution is 5.72. The molecule has 0 aromatic heterocycles. The molecule has 0 aliphatic carbocycles. The standard InChI is InChI=1S/C65H114O6/c1-4-7-10-13-16-19-22-24-26-27-28-29-30-31-32-33-34-35-36-37-39-40-43-46-49-52-55-58-64(67)70-61-62(60-69-63(66)57-54-51-48-45-42-21-18-15-12-9-6-3)71-65(68)59-56-53-50-47-44-41-38-25-23-20-17-14-11-8-5-2/h8,11,15,17-18,20,25,38,44,47,53,56,62H,4-7,9-10,12-14,16,19,21-24,26-37,39-43,45-46,48-52,54-55,57-61H2,1-3H3/b11-8-,18-15-,20-17-,38-25-,47-44-,56-53-. The number of rotatable bonds is 55. The molecular weight excluding hydrogens is 877 g/mol. The van der Waals surface area contributed by atoms with E-state index < -0.39 is 12.1 Å². The maximum Gasteiger partial charge on any atom is 0.310 e. The zero-order valence-corrected chi connectivity index (χ0v) is 47.0. The van der Waals surface area contributed by atoms with E-state index in [2.05, 4.69) is 81.5 Å². The molecule has 0 saturated heterocycles. The molecular formula is C65H114O6. The predicted molar refractivity (Wildman–Crippen MR) is 307 cm³/mol. The van der Waals surface area contributed by atoms with Gasteiger partial charge in [0.2, 0.25) is 0 Å². The van der Waals surface area contributed by atoms with E-state index in [0.29, 0.717) is 12.8 Å². The summed E-state index contributed by atoms with van der Waals surface area (Å²) in [5.74, 6) is -1.05. The van der Waals surface area contributed by atoms with Crippen molar-refractivity contribution >= 4 is 17.9 Å². The highest BCUT2D eigenvalue weighted by Crippen LogP contribution is 2.17. The monoisotopic (exact) mass is 991 g/mol. The van der Waals surface area contributed by atoms with Gasteiger partial charge in [0.25, 0.3) is 0 Å². The van der Waals surface area contributed by atoms with Gasteiger partial charge < -0.3 is 14.2 Å². The van der Waals surface area contributed by atoms with Gasteiger partial charge in [-0.15, -0.1) is 0 Å². The number of unbranched alkanes of at least 4 members (excludes halogenated alkanes) is 33. The Bertz CT molecular complexity index is 1320. The van der Waals surface area contributed by atoms with E-state index in [1.807, 2.05) is 6.08 Å². The summed E-state index contributed by atoms with van der Waals surface area (Å²) in [4.78, 5) is 38.0. The number of allylic oxidation sites excluding steroid dienone is 11. The van der Waals surface area contributed by atoms with Crippen molar-refractivity contribution in [2.45, 2.75) is 309 Å². The van der Waals surface area contributed by atoms with E-state index in [4.69, 9.17) is 14.2 Å². The molecule has 0 bridgehead atoms. The Morgan fingerprint density at radius 1 is 0.310 bits per heavy atom. The van der Waals surface area contributed by atoms with Gasteiger partial charge in [0.15, 0.2) is 6.10 Å². The molecule has 0 saturated carbocycles. The molecule has 0 aliphatic rings. The number of hydrogen-bond donors (Lipinski definition) is 0. The second-order valence-electron chi connectivity index (χ2n) is 20.3. The van der Waals surface area contributed by atoms with Crippen LogP contribution in [0.2, 0.25) is 0 Å². The van der Waals surface area contributed by atoms with Crippen LogP contribution in [-0.2, 0) is 28.6 Å². The minimum absolute atomic E-state index is 0.0973. The fourth-order valence-corrected chi connectivity index (χ4v) is 8.68. The van der Waals surface area contributed by atoms with Crippen molar-refractivity contribution < 1.29 is 28.6 Å². The summed E-state index contributed by atoms with van der Waals surface area (Å²) in [6.07, 6.45) is 76.7. The molecule has 0 rings (SSSR count). The van der Waals surface area contributed by atoms with Crippen LogP contribution < -0.4 is 0 Å². The molecule has 0 N–H and O–H groups in total. The SMILES string of the molecule is CC/C=C\C/C=C\C/C=C\C/C=C\C/C=C\CC(=O)OC(COC(=O)CCCCCCC/C=C\CCCC)COC(=O)CCCCCCCCCCCCCCCCCCCCCCCCCCCCC. The van der Waals surface area contributed by atoms with Gasteiger partial charge in [-0.3, -0.25) is 14.4 Å². The Balaban J connectivity index is 4.24. The van der Waals surface area contributed by atoms with Gasteiger partial charge in [-0.1, -0.05) is 293 Å². The largest absolute Gasteiger partial charge is 0.462 e. The fraction of sp³-hybridized carbons (Fsp3) is 0.769. The number of esters is 3. The summed E-state index contributed by atoms with van der Waals surface area (Å²) < 4.78 is 16.7. The van der Waals surface area contributed by atoms with Crippen molar-refractivity contribution in [2.24, 2.45) is 0 Å². The van der Waals surface area contributed by atoms with Crippen LogP contribution >= 0.6 is 0 Å². The summed E-state index contributed by atoms with van der Waals surface area (Å²) >= 11 is 0. The van der Waals surface area contributed by atoms with Gasteiger partial charge in [0.05, 0.1) is 6.42 Å². The van der Waals surface area contributed by atoms with E-state index in [1.165, 1.54) is 180 Å². The summed E-state index contributed by atoms with van der Waals surface area (Å²) in [5.41, 5.74) is 0. The topological polar surface area (TPSA) is 78.9 Å². The number of carbonyl (C=O) groups is 3. The highest BCUT2D eigenvalue weighted by Gasteiger charge is 2.19. The molecule has 6 heteroatoms. The van der Waals surface area contributed by atoms with Gasteiger partial charge in [-0.25, -0.2) is 0 Å². The zero-order valence-electron chi connectivity index (χ0n) is 47.0. The van der Waals surface area contributed by atoms with E-state index in [0.717, 1.165) is 83.5 Å². The van der Waals surface area contributed by atoms with Crippen molar-refractivity contribution in [3.63, 3.8) is 0 Å². The lowest BCUT2D eigenvalue weighted by atomic mass is 10.0. The highest BCUT2D eigenvalue weighted by atomic mass is 16.6. The predicted octanol–water partition coefficient (Wildman–Crippen LogP) is 20.5. The van der Waals surface area contributed by atoms with E-state index in [9.17, 15) is 14.4 Å². The molecule has 0 amide bonds. The molecule has 0 radical (unpaired) electrons. The lowest BCUT2D eigenvalue weighted by molar-refractivity contribution is -0.166.